The average Bonchev–Trinajstić information content (AvgIpc) is 2.40. The summed E-state index contributed by atoms with van der Waals surface area (Å²) in [6.07, 6.45) is 3.97. The van der Waals surface area contributed by atoms with Crippen LogP contribution < -0.4 is 5.32 Å². The summed E-state index contributed by atoms with van der Waals surface area (Å²) in [7, 11) is 0. The van der Waals surface area contributed by atoms with E-state index < -0.39 is 0 Å². The zero-order chi connectivity index (χ0) is 12.8. The first-order chi connectivity index (χ1) is 8.78. The van der Waals surface area contributed by atoms with Crippen molar-refractivity contribution in [2.24, 2.45) is 0 Å². The highest BCUT2D eigenvalue weighted by Crippen LogP contribution is 2.18. The molecule has 0 saturated carbocycles. The van der Waals surface area contributed by atoms with E-state index in [1.807, 2.05) is 37.3 Å². The predicted octanol–water partition coefficient (Wildman–Crippen LogP) is 5.02. The fourth-order valence-corrected chi connectivity index (χ4v) is 1.72. The summed E-state index contributed by atoms with van der Waals surface area (Å²) in [5.41, 5.74) is 4.52. The first kappa shape index (κ1) is 12.2. The molecular formula is C17H17N. The van der Waals surface area contributed by atoms with Gasteiger partial charge in [0.05, 0.1) is 0 Å². The minimum Gasteiger partial charge on any atom is -0.356 e. The van der Waals surface area contributed by atoms with E-state index in [1.165, 1.54) is 5.56 Å². The van der Waals surface area contributed by atoms with Crippen molar-refractivity contribution >= 4 is 17.5 Å². The van der Waals surface area contributed by atoms with Gasteiger partial charge in [-0.05, 0) is 36.8 Å². The number of benzene rings is 2. The summed E-state index contributed by atoms with van der Waals surface area (Å²) < 4.78 is 0. The van der Waals surface area contributed by atoms with Crippen LogP contribution in [0, 0.1) is 0 Å². The normalized spacial score (nSPS) is 11.1. The SMILES string of the molecule is C=CC(C)=Cc1cccc(Nc2ccccc2)c1. The molecule has 0 atom stereocenters. The molecule has 1 heteroatoms. The van der Waals surface area contributed by atoms with Crippen molar-refractivity contribution in [1.82, 2.24) is 0 Å². The second kappa shape index (κ2) is 5.87. The molecule has 0 saturated heterocycles. The Labute approximate surface area is 108 Å². The number of para-hydroxylation sites is 1. The van der Waals surface area contributed by atoms with Crippen LogP contribution in [0.2, 0.25) is 0 Å². The Bertz CT molecular complexity index is 553. The number of nitrogens with one attached hydrogen (secondary N) is 1. The zero-order valence-electron chi connectivity index (χ0n) is 10.6. The molecule has 0 amide bonds. The Morgan fingerprint density at radius 1 is 1.00 bits per heavy atom. The quantitative estimate of drug-likeness (QED) is 0.734. The smallest absolute Gasteiger partial charge is 0.0390 e. The van der Waals surface area contributed by atoms with Crippen molar-refractivity contribution in [3.63, 3.8) is 0 Å². The van der Waals surface area contributed by atoms with Crippen LogP contribution in [-0.2, 0) is 0 Å². The lowest BCUT2D eigenvalue weighted by Gasteiger charge is -2.07. The largest absolute Gasteiger partial charge is 0.356 e. The van der Waals surface area contributed by atoms with Gasteiger partial charge in [-0.2, -0.15) is 0 Å². The van der Waals surface area contributed by atoms with Gasteiger partial charge in [0.25, 0.3) is 0 Å². The Balaban J connectivity index is 2.20. The molecule has 0 aliphatic rings. The van der Waals surface area contributed by atoms with Gasteiger partial charge in [0.15, 0.2) is 0 Å². The molecule has 1 nitrogen and oxygen atoms in total. The van der Waals surface area contributed by atoms with E-state index >= 15 is 0 Å². The van der Waals surface area contributed by atoms with Crippen LogP contribution in [0.15, 0.2) is 72.8 Å². The fourth-order valence-electron chi connectivity index (χ4n) is 1.72. The second-order valence-electron chi connectivity index (χ2n) is 4.21. The Hall–Kier alpha value is -2.28. The first-order valence-electron chi connectivity index (χ1n) is 6.01. The molecule has 18 heavy (non-hydrogen) atoms. The van der Waals surface area contributed by atoms with Gasteiger partial charge >= 0.3 is 0 Å². The highest BCUT2D eigenvalue weighted by atomic mass is 14.9. The maximum absolute atomic E-state index is 3.76. The molecule has 0 aliphatic heterocycles. The predicted molar refractivity (Wildman–Crippen MR) is 80.0 cm³/mol. The van der Waals surface area contributed by atoms with Gasteiger partial charge in [0.2, 0.25) is 0 Å². The summed E-state index contributed by atoms with van der Waals surface area (Å²) in [4.78, 5) is 0. The van der Waals surface area contributed by atoms with Gasteiger partial charge in [0, 0.05) is 11.4 Å². The second-order valence-corrected chi connectivity index (χ2v) is 4.21. The van der Waals surface area contributed by atoms with Crippen LogP contribution in [0.5, 0.6) is 0 Å². The molecule has 1 N–H and O–H groups in total. The molecule has 0 unspecified atom stereocenters. The van der Waals surface area contributed by atoms with Crippen LogP contribution in [0.25, 0.3) is 6.08 Å². The Morgan fingerprint density at radius 3 is 2.44 bits per heavy atom. The maximum Gasteiger partial charge on any atom is 0.0390 e. The minimum atomic E-state index is 1.09. The highest BCUT2D eigenvalue weighted by Gasteiger charge is 1.95. The molecule has 2 rings (SSSR count). The van der Waals surface area contributed by atoms with Crippen molar-refractivity contribution < 1.29 is 0 Å². The van der Waals surface area contributed by atoms with E-state index in [-0.39, 0.29) is 0 Å². The van der Waals surface area contributed by atoms with E-state index in [2.05, 4.69) is 48.3 Å². The van der Waals surface area contributed by atoms with E-state index in [4.69, 9.17) is 0 Å². The summed E-state index contributed by atoms with van der Waals surface area (Å²) in [6, 6.07) is 18.5. The molecule has 0 spiro atoms. The fraction of sp³-hybridized carbons (Fsp3) is 0.0588. The van der Waals surface area contributed by atoms with E-state index in [9.17, 15) is 0 Å². The van der Waals surface area contributed by atoms with Gasteiger partial charge in [-0.3, -0.25) is 0 Å². The van der Waals surface area contributed by atoms with Gasteiger partial charge in [0.1, 0.15) is 0 Å². The molecule has 0 aromatic heterocycles. The van der Waals surface area contributed by atoms with Gasteiger partial charge in [-0.15, -0.1) is 0 Å². The third kappa shape index (κ3) is 3.36. The van der Waals surface area contributed by atoms with Gasteiger partial charge in [-0.1, -0.05) is 54.6 Å². The third-order valence-corrected chi connectivity index (χ3v) is 2.67. The number of allylic oxidation sites excluding steroid dienone is 2. The number of hydrogen-bond acceptors (Lipinski definition) is 1. The van der Waals surface area contributed by atoms with Crippen molar-refractivity contribution in [2.75, 3.05) is 5.32 Å². The molecule has 2 aromatic carbocycles. The average molecular weight is 235 g/mol. The summed E-state index contributed by atoms with van der Waals surface area (Å²) >= 11 is 0. The Morgan fingerprint density at radius 2 is 1.72 bits per heavy atom. The lowest BCUT2D eigenvalue weighted by molar-refractivity contribution is 1.52. The van der Waals surface area contributed by atoms with E-state index in [1.54, 1.807) is 0 Å². The standard InChI is InChI=1S/C17H17N/c1-3-14(2)12-15-8-7-11-17(13-15)18-16-9-5-4-6-10-16/h3-13,18H,1H2,2H3. The van der Waals surface area contributed by atoms with Crippen LogP contribution >= 0.6 is 0 Å². The van der Waals surface area contributed by atoms with Crippen LogP contribution in [0.1, 0.15) is 12.5 Å². The molecule has 2 aromatic rings. The minimum absolute atomic E-state index is 1.09. The summed E-state index contributed by atoms with van der Waals surface area (Å²) in [5, 5.41) is 3.38. The number of hydrogen-bond donors (Lipinski definition) is 1. The summed E-state index contributed by atoms with van der Waals surface area (Å²) in [6.45, 7) is 5.81. The van der Waals surface area contributed by atoms with E-state index in [0.29, 0.717) is 0 Å². The summed E-state index contributed by atoms with van der Waals surface area (Å²) in [5.74, 6) is 0. The Kier molecular flexibility index (Phi) is 3.98. The topological polar surface area (TPSA) is 12.0 Å². The maximum atomic E-state index is 3.76. The first-order valence-corrected chi connectivity index (χ1v) is 6.01. The van der Waals surface area contributed by atoms with Crippen LogP contribution in [0.4, 0.5) is 11.4 Å². The number of anilines is 2. The van der Waals surface area contributed by atoms with Gasteiger partial charge in [-0.25, -0.2) is 0 Å². The number of rotatable bonds is 4. The lowest BCUT2D eigenvalue weighted by atomic mass is 10.1. The van der Waals surface area contributed by atoms with Crippen molar-refractivity contribution in [3.8, 4) is 0 Å². The van der Waals surface area contributed by atoms with E-state index in [0.717, 1.165) is 16.9 Å². The van der Waals surface area contributed by atoms with Crippen molar-refractivity contribution in [2.45, 2.75) is 6.92 Å². The molecule has 0 bridgehead atoms. The van der Waals surface area contributed by atoms with Crippen LogP contribution in [0.3, 0.4) is 0 Å². The van der Waals surface area contributed by atoms with Crippen LogP contribution in [-0.4, -0.2) is 0 Å². The third-order valence-electron chi connectivity index (χ3n) is 2.67. The molecule has 0 heterocycles. The molecule has 0 aliphatic carbocycles. The molecule has 90 valence electrons. The molecular weight excluding hydrogens is 218 g/mol. The molecule has 0 fully saturated rings. The zero-order valence-corrected chi connectivity index (χ0v) is 10.6. The molecule has 0 radical (unpaired) electrons. The van der Waals surface area contributed by atoms with Crippen molar-refractivity contribution in [1.29, 1.82) is 0 Å². The van der Waals surface area contributed by atoms with Gasteiger partial charge < -0.3 is 5.32 Å². The highest BCUT2D eigenvalue weighted by molar-refractivity contribution is 5.65. The monoisotopic (exact) mass is 235 g/mol. The lowest BCUT2D eigenvalue weighted by Crippen LogP contribution is -1.89. The van der Waals surface area contributed by atoms with Crippen molar-refractivity contribution in [3.05, 3.63) is 78.4 Å².